The highest BCUT2D eigenvalue weighted by molar-refractivity contribution is 4.91. The van der Waals surface area contributed by atoms with E-state index in [0.717, 1.165) is 23.9 Å². The van der Waals surface area contributed by atoms with Crippen molar-refractivity contribution in [1.82, 2.24) is 10.2 Å². The summed E-state index contributed by atoms with van der Waals surface area (Å²) in [4.78, 5) is 2.88. The van der Waals surface area contributed by atoms with Crippen molar-refractivity contribution in [1.29, 1.82) is 0 Å². The topological polar surface area (TPSA) is 15.3 Å². The van der Waals surface area contributed by atoms with E-state index in [9.17, 15) is 0 Å². The minimum Gasteiger partial charge on any atom is -0.314 e. The Labute approximate surface area is 113 Å². The van der Waals surface area contributed by atoms with Crippen LogP contribution in [0, 0.1) is 11.8 Å². The molecule has 0 saturated heterocycles. The van der Waals surface area contributed by atoms with Gasteiger partial charge in [-0.1, -0.05) is 6.92 Å². The van der Waals surface area contributed by atoms with Crippen LogP contribution in [0.1, 0.15) is 58.3 Å². The maximum atomic E-state index is 3.73. The number of hydrogen-bond donors (Lipinski definition) is 1. The first-order valence-electron chi connectivity index (χ1n) is 8.32. The summed E-state index contributed by atoms with van der Waals surface area (Å²) in [7, 11) is 0. The molecule has 0 aromatic heterocycles. The van der Waals surface area contributed by atoms with Crippen molar-refractivity contribution in [3.63, 3.8) is 0 Å². The summed E-state index contributed by atoms with van der Waals surface area (Å²) in [6, 6.07) is 1.72. The molecule has 2 unspecified atom stereocenters. The van der Waals surface area contributed by atoms with Gasteiger partial charge in [-0.05, 0) is 69.7 Å². The molecule has 18 heavy (non-hydrogen) atoms. The SMILES string of the molecule is CCCNC1CCC(N(CC2CC2)CC2CC2)C1. The number of nitrogens with zero attached hydrogens (tertiary/aromatic N) is 1. The summed E-state index contributed by atoms with van der Waals surface area (Å²) in [6.07, 6.45) is 11.6. The van der Waals surface area contributed by atoms with Crippen LogP contribution in [0.5, 0.6) is 0 Å². The average Bonchev–Trinajstić information content (AvgIpc) is 3.29. The van der Waals surface area contributed by atoms with Crippen molar-refractivity contribution < 1.29 is 0 Å². The van der Waals surface area contributed by atoms with Gasteiger partial charge in [-0.3, -0.25) is 4.90 Å². The summed E-state index contributed by atoms with van der Waals surface area (Å²) in [6.45, 7) is 6.32. The van der Waals surface area contributed by atoms with Gasteiger partial charge in [0, 0.05) is 25.2 Å². The molecule has 2 nitrogen and oxygen atoms in total. The van der Waals surface area contributed by atoms with Gasteiger partial charge in [0.15, 0.2) is 0 Å². The summed E-state index contributed by atoms with van der Waals surface area (Å²) in [5.74, 6) is 2.12. The summed E-state index contributed by atoms with van der Waals surface area (Å²) < 4.78 is 0. The van der Waals surface area contributed by atoms with Crippen LogP contribution in [0.15, 0.2) is 0 Å². The van der Waals surface area contributed by atoms with Crippen LogP contribution >= 0.6 is 0 Å². The first-order valence-corrected chi connectivity index (χ1v) is 8.32. The molecule has 0 radical (unpaired) electrons. The van der Waals surface area contributed by atoms with E-state index in [2.05, 4.69) is 17.1 Å². The second-order valence-corrected chi connectivity index (χ2v) is 6.96. The van der Waals surface area contributed by atoms with E-state index in [1.54, 1.807) is 0 Å². The van der Waals surface area contributed by atoms with Crippen LogP contribution in [-0.2, 0) is 0 Å². The molecular weight excluding hydrogens is 220 g/mol. The van der Waals surface area contributed by atoms with Gasteiger partial charge in [0.1, 0.15) is 0 Å². The summed E-state index contributed by atoms with van der Waals surface area (Å²) in [5, 5.41) is 3.73. The van der Waals surface area contributed by atoms with Gasteiger partial charge < -0.3 is 5.32 Å². The van der Waals surface area contributed by atoms with Crippen LogP contribution in [0.3, 0.4) is 0 Å². The van der Waals surface area contributed by atoms with E-state index in [1.165, 1.54) is 71.0 Å². The lowest BCUT2D eigenvalue weighted by Crippen LogP contribution is -2.38. The molecule has 3 rings (SSSR count). The number of nitrogens with one attached hydrogen (secondary N) is 1. The second kappa shape index (κ2) is 5.92. The largest absolute Gasteiger partial charge is 0.314 e. The Bertz CT molecular complexity index is 244. The Balaban J connectivity index is 1.46. The van der Waals surface area contributed by atoms with Gasteiger partial charge in [-0.25, -0.2) is 0 Å². The van der Waals surface area contributed by atoms with E-state index in [1.807, 2.05) is 0 Å². The molecule has 0 amide bonds. The van der Waals surface area contributed by atoms with Crippen molar-refractivity contribution in [3.05, 3.63) is 0 Å². The van der Waals surface area contributed by atoms with Crippen molar-refractivity contribution in [2.45, 2.75) is 70.4 Å². The van der Waals surface area contributed by atoms with Crippen molar-refractivity contribution in [2.75, 3.05) is 19.6 Å². The van der Waals surface area contributed by atoms with Crippen LogP contribution < -0.4 is 5.32 Å². The van der Waals surface area contributed by atoms with Crippen molar-refractivity contribution in [2.24, 2.45) is 11.8 Å². The fourth-order valence-corrected chi connectivity index (χ4v) is 3.46. The van der Waals surface area contributed by atoms with Gasteiger partial charge in [-0.15, -0.1) is 0 Å². The average molecular weight is 250 g/mol. The molecule has 1 N–H and O–H groups in total. The fraction of sp³-hybridized carbons (Fsp3) is 1.00. The van der Waals surface area contributed by atoms with Crippen LogP contribution in [0.2, 0.25) is 0 Å². The Morgan fingerprint density at radius 3 is 2.17 bits per heavy atom. The second-order valence-electron chi connectivity index (χ2n) is 6.96. The maximum absolute atomic E-state index is 3.73. The molecule has 0 aliphatic heterocycles. The maximum Gasteiger partial charge on any atom is 0.0111 e. The summed E-state index contributed by atoms with van der Waals surface area (Å²) >= 11 is 0. The standard InChI is InChI=1S/C16H30N2/c1-2-9-17-15-7-8-16(10-15)18(11-13-3-4-13)12-14-5-6-14/h13-17H,2-12H2,1H3. The predicted octanol–water partition coefficient (Wildman–Crippen LogP) is 3.03. The minimum absolute atomic E-state index is 0.816. The van der Waals surface area contributed by atoms with Gasteiger partial charge in [-0.2, -0.15) is 0 Å². The Morgan fingerprint density at radius 1 is 0.944 bits per heavy atom. The Morgan fingerprint density at radius 2 is 1.61 bits per heavy atom. The molecule has 0 bridgehead atoms. The quantitative estimate of drug-likeness (QED) is 0.712. The fourth-order valence-electron chi connectivity index (χ4n) is 3.46. The smallest absolute Gasteiger partial charge is 0.0111 e. The molecule has 0 aromatic rings. The molecule has 3 aliphatic rings. The Hall–Kier alpha value is -0.0800. The third-order valence-electron chi connectivity index (χ3n) is 4.98. The molecule has 3 saturated carbocycles. The third kappa shape index (κ3) is 3.71. The molecule has 0 heterocycles. The molecule has 2 atom stereocenters. The highest BCUT2D eigenvalue weighted by Gasteiger charge is 2.35. The predicted molar refractivity (Wildman–Crippen MR) is 76.7 cm³/mol. The Kier molecular flexibility index (Phi) is 4.25. The van der Waals surface area contributed by atoms with Crippen LogP contribution in [0.4, 0.5) is 0 Å². The number of rotatable bonds is 8. The van der Waals surface area contributed by atoms with E-state index in [0.29, 0.717) is 0 Å². The zero-order valence-electron chi connectivity index (χ0n) is 12.0. The van der Waals surface area contributed by atoms with E-state index < -0.39 is 0 Å². The van der Waals surface area contributed by atoms with E-state index >= 15 is 0 Å². The highest BCUT2D eigenvalue weighted by atomic mass is 15.2. The van der Waals surface area contributed by atoms with E-state index in [-0.39, 0.29) is 0 Å². The molecule has 3 fully saturated rings. The van der Waals surface area contributed by atoms with Crippen molar-refractivity contribution >= 4 is 0 Å². The molecule has 3 aliphatic carbocycles. The first-order chi connectivity index (χ1) is 8.85. The lowest BCUT2D eigenvalue weighted by molar-refractivity contribution is 0.180. The lowest BCUT2D eigenvalue weighted by atomic mass is 10.1. The lowest BCUT2D eigenvalue weighted by Gasteiger charge is -2.29. The molecule has 2 heteroatoms. The van der Waals surface area contributed by atoms with Gasteiger partial charge in [0.25, 0.3) is 0 Å². The van der Waals surface area contributed by atoms with Crippen LogP contribution in [0.25, 0.3) is 0 Å². The highest BCUT2D eigenvalue weighted by Crippen LogP contribution is 2.37. The normalized spacial score (nSPS) is 32.3. The molecule has 0 aromatic carbocycles. The summed E-state index contributed by atoms with van der Waals surface area (Å²) in [5.41, 5.74) is 0. The molecule has 0 spiro atoms. The monoisotopic (exact) mass is 250 g/mol. The molecular formula is C16H30N2. The minimum atomic E-state index is 0.816. The first kappa shape index (κ1) is 12.9. The third-order valence-corrected chi connectivity index (χ3v) is 4.98. The number of hydrogen-bond acceptors (Lipinski definition) is 2. The van der Waals surface area contributed by atoms with Gasteiger partial charge in [0.05, 0.1) is 0 Å². The zero-order valence-corrected chi connectivity index (χ0v) is 12.0. The zero-order chi connectivity index (χ0) is 12.4. The van der Waals surface area contributed by atoms with Crippen molar-refractivity contribution in [3.8, 4) is 0 Å². The molecule has 104 valence electrons. The van der Waals surface area contributed by atoms with Gasteiger partial charge in [0.2, 0.25) is 0 Å². The van der Waals surface area contributed by atoms with Crippen LogP contribution in [-0.4, -0.2) is 36.6 Å². The van der Waals surface area contributed by atoms with Gasteiger partial charge >= 0.3 is 0 Å². The van der Waals surface area contributed by atoms with E-state index in [4.69, 9.17) is 0 Å².